The molecule has 112 valence electrons. The Labute approximate surface area is 126 Å². The average molecular weight is 307 g/mol. The maximum Gasteiger partial charge on any atom is 0.211 e. The van der Waals surface area contributed by atoms with Crippen molar-refractivity contribution in [2.45, 2.75) is 13.2 Å². The molecule has 0 spiro atoms. The van der Waals surface area contributed by atoms with Gasteiger partial charge in [0.1, 0.15) is 24.5 Å². The average Bonchev–Trinajstić information content (AvgIpc) is 2.48. The van der Waals surface area contributed by atoms with Crippen molar-refractivity contribution in [3.05, 3.63) is 40.2 Å². The van der Waals surface area contributed by atoms with E-state index in [0.29, 0.717) is 29.2 Å². The molecule has 1 heterocycles. The Kier molecular flexibility index (Phi) is 5.52. The number of hydrogen-bond acceptors (Lipinski definition) is 4. The summed E-state index contributed by atoms with van der Waals surface area (Å²) >= 11 is 0. The zero-order chi connectivity index (χ0) is 15.2. The number of rotatable bonds is 7. The zero-order valence-corrected chi connectivity index (χ0v) is 13.1. The lowest BCUT2D eigenvalue weighted by atomic mass is 10.2. The number of hydrogen-bond donors (Lipinski definition) is 0. The van der Waals surface area contributed by atoms with Gasteiger partial charge >= 0.3 is 0 Å². The van der Waals surface area contributed by atoms with E-state index in [1.54, 1.807) is 16.8 Å². The number of nitrogens with zero attached hydrogens (tertiary/aromatic N) is 2. The van der Waals surface area contributed by atoms with E-state index < -0.39 is 0 Å². The lowest BCUT2D eigenvalue weighted by molar-refractivity contribution is -0.107. The van der Waals surface area contributed by atoms with Gasteiger partial charge < -0.3 is 9.53 Å². The molecule has 0 aliphatic rings. The van der Waals surface area contributed by atoms with Gasteiger partial charge in [-0.05, 0) is 23.0 Å². The minimum Gasteiger partial charge on any atom is -0.354 e. The van der Waals surface area contributed by atoms with Crippen molar-refractivity contribution in [2.75, 3.05) is 24.9 Å². The highest BCUT2D eigenvalue weighted by Crippen LogP contribution is 2.09. The predicted molar refractivity (Wildman–Crippen MR) is 85.8 cm³/mol. The van der Waals surface area contributed by atoms with E-state index >= 15 is 0 Å². The van der Waals surface area contributed by atoms with Crippen molar-refractivity contribution >= 4 is 28.1 Å². The molecule has 0 aliphatic heterocycles. The maximum atomic E-state index is 12.2. The Balaban J connectivity index is 2.30. The number of aldehydes is 1. The van der Waals surface area contributed by atoms with Gasteiger partial charge in [-0.25, -0.2) is 4.68 Å². The highest BCUT2D eigenvalue weighted by Gasteiger charge is 2.10. The van der Waals surface area contributed by atoms with Crippen LogP contribution in [0, 0.1) is 0 Å². The van der Waals surface area contributed by atoms with Crippen molar-refractivity contribution in [3.63, 3.8) is 0 Å². The minimum atomic E-state index is -0.183. The second kappa shape index (κ2) is 7.38. The van der Waals surface area contributed by atoms with Gasteiger partial charge in [-0.15, -0.1) is 0 Å². The number of ether oxygens (including phenoxy) is 1. The van der Waals surface area contributed by atoms with E-state index in [-0.39, 0.29) is 24.3 Å². The van der Waals surface area contributed by atoms with Crippen molar-refractivity contribution in [1.82, 2.24) is 9.78 Å². The summed E-state index contributed by atoms with van der Waals surface area (Å²) in [5.41, 5.74) is 0.805. The van der Waals surface area contributed by atoms with Crippen LogP contribution in [0.2, 0.25) is 0 Å². The van der Waals surface area contributed by atoms with E-state index in [1.807, 2.05) is 12.1 Å². The normalized spacial score (nSPS) is 11.2. The van der Waals surface area contributed by atoms with Crippen LogP contribution >= 0.6 is 0 Å². The molecular formula is C15H19N2O3S+. The number of fused-ring (bicyclic) bond motifs is 1. The van der Waals surface area contributed by atoms with Gasteiger partial charge in [0.15, 0.2) is 0 Å². The van der Waals surface area contributed by atoms with E-state index in [2.05, 4.69) is 17.6 Å². The highest BCUT2D eigenvalue weighted by atomic mass is 32.2. The molecule has 1 aromatic carbocycles. The summed E-state index contributed by atoms with van der Waals surface area (Å²) in [5, 5.41) is 4.83. The number of aromatic nitrogens is 2. The summed E-state index contributed by atoms with van der Waals surface area (Å²) < 4.78 is 7.28. The number of carbonyl (C=O) groups is 1. The SMILES string of the molecule is C[S+](C)CCOCn1nc(CC=O)c(=O)c2ccccc21. The predicted octanol–water partition coefficient (Wildman–Crippen LogP) is 0.990. The third-order valence-corrected chi connectivity index (χ3v) is 4.04. The molecule has 5 nitrogen and oxygen atoms in total. The van der Waals surface area contributed by atoms with Crippen molar-refractivity contribution in [3.8, 4) is 0 Å². The highest BCUT2D eigenvalue weighted by molar-refractivity contribution is 7.95. The standard InChI is InChI=1S/C15H19N2O3S/c1-21(2)10-9-20-11-17-14-6-4-3-5-12(14)15(19)13(16-17)7-8-18/h3-6,8H,7,9-11H2,1-2H3/q+1. The van der Waals surface area contributed by atoms with Gasteiger partial charge in [0.2, 0.25) is 5.43 Å². The maximum absolute atomic E-state index is 12.2. The molecule has 0 saturated heterocycles. The molecule has 0 amide bonds. The van der Waals surface area contributed by atoms with Crippen LogP contribution in [-0.4, -0.2) is 40.9 Å². The van der Waals surface area contributed by atoms with E-state index in [9.17, 15) is 9.59 Å². The fourth-order valence-corrected chi connectivity index (χ4v) is 2.43. The first-order chi connectivity index (χ1) is 10.1. The van der Waals surface area contributed by atoms with Gasteiger partial charge in [0.05, 0.1) is 31.1 Å². The molecule has 0 radical (unpaired) electrons. The molecular weight excluding hydrogens is 288 g/mol. The van der Waals surface area contributed by atoms with Crippen LogP contribution in [-0.2, 0) is 33.6 Å². The van der Waals surface area contributed by atoms with Crippen molar-refractivity contribution in [1.29, 1.82) is 0 Å². The van der Waals surface area contributed by atoms with Crippen LogP contribution in [0.15, 0.2) is 29.1 Å². The lowest BCUT2D eigenvalue weighted by Gasteiger charge is -2.11. The summed E-state index contributed by atoms with van der Waals surface area (Å²) in [5.74, 6) is 0.999. The zero-order valence-electron chi connectivity index (χ0n) is 12.2. The molecule has 0 saturated carbocycles. The molecule has 0 N–H and O–H groups in total. The van der Waals surface area contributed by atoms with Crippen LogP contribution in [0.4, 0.5) is 0 Å². The fraction of sp³-hybridized carbons (Fsp3) is 0.400. The van der Waals surface area contributed by atoms with Gasteiger partial charge in [0, 0.05) is 5.39 Å². The molecule has 2 aromatic rings. The van der Waals surface area contributed by atoms with Gasteiger partial charge in [0.25, 0.3) is 0 Å². The summed E-state index contributed by atoms with van der Waals surface area (Å²) in [4.78, 5) is 22.9. The number of carbonyl (C=O) groups excluding carboxylic acids is 1. The molecule has 0 aliphatic carbocycles. The second-order valence-electron chi connectivity index (χ2n) is 4.89. The Bertz CT molecular complexity index is 682. The van der Waals surface area contributed by atoms with Crippen LogP contribution in [0.25, 0.3) is 10.9 Å². The molecule has 0 bridgehead atoms. The number of benzene rings is 1. The molecule has 21 heavy (non-hydrogen) atoms. The summed E-state index contributed by atoms with van der Waals surface area (Å²) in [6.07, 6.45) is 5.05. The first-order valence-corrected chi connectivity index (χ1v) is 8.89. The van der Waals surface area contributed by atoms with Crippen molar-refractivity contribution in [2.24, 2.45) is 0 Å². The Morgan fingerprint density at radius 1 is 1.33 bits per heavy atom. The monoisotopic (exact) mass is 307 g/mol. The third kappa shape index (κ3) is 3.92. The topological polar surface area (TPSA) is 61.2 Å². The van der Waals surface area contributed by atoms with Gasteiger partial charge in [-0.2, -0.15) is 5.10 Å². The Hall–Kier alpha value is -1.66. The Morgan fingerprint density at radius 3 is 2.81 bits per heavy atom. The van der Waals surface area contributed by atoms with Gasteiger partial charge in [-0.1, -0.05) is 12.1 Å². The van der Waals surface area contributed by atoms with Crippen LogP contribution in [0.3, 0.4) is 0 Å². The first kappa shape index (κ1) is 15.7. The molecule has 6 heteroatoms. The lowest BCUT2D eigenvalue weighted by Crippen LogP contribution is -2.21. The summed E-state index contributed by atoms with van der Waals surface area (Å²) in [7, 11) is 0.337. The molecule has 0 fully saturated rings. The molecule has 1 aromatic heterocycles. The van der Waals surface area contributed by atoms with E-state index in [1.165, 1.54) is 0 Å². The molecule has 0 unspecified atom stereocenters. The van der Waals surface area contributed by atoms with Gasteiger partial charge in [-0.3, -0.25) is 4.79 Å². The minimum absolute atomic E-state index is 0.0248. The van der Waals surface area contributed by atoms with Crippen molar-refractivity contribution < 1.29 is 9.53 Å². The molecule has 0 atom stereocenters. The largest absolute Gasteiger partial charge is 0.354 e. The fourth-order valence-electron chi connectivity index (χ4n) is 1.98. The van der Waals surface area contributed by atoms with Crippen LogP contribution < -0.4 is 5.43 Å². The van der Waals surface area contributed by atoms with Crippen LogP contribution in [0.5, 0.6) is 0 Å². The van der Waals surface area contributed by atoms with E-state index in [4.69, 9.17) is 4.74 Å². The second-order valence-corrected chi connectivity index (χ2v) is 7.27. The van der Waals surface area contributed by atoms with E-state index in [0.717, 1.165) is 11.3 Å². The summed E-state index contributed by atoms with van der Waals surface area (Å²) in [6.45, 7) is 0.936. The molecule has 2 rings (SSSR count). The first-order valence-electron chi connectivity index (χ1n) is 6.67. The quantitative estimate of drug-likeness (QED) is 0.435. The third-order valence-electron chi connectivity index (χ3n) is 3.06. The summed E-state index contributed by atoms with van der Waals surface area (Å²) in [6, 6.07) is 7.25. The Morgan fingerprint density at radius 2 is 2.10 bits per heavy atom. The number of para-hydroxylation sites is 1. The van der Waals surface area contributed by atoms with Crippen LogP contribution in [0.1, 0.15) is 5.69 Å². The smallest absolute Gasteiger partial charge is 0.211 e.